The lowest BCUT2D eigenvalue weighted by Gasteiger charge is -2.18. The summed E-state index contributed by atoms with van der Waals surface area (Å²) in [6, 6.07) is 16.7. The number of rotatable bonds is 9. The molecule has 0 aliphatic carbocycles. The highest BCUT2D eigenvalue weighted by Crippen LogP contribution is 2.19. The van der Waals surface area contributed by atoms with E-state index in [1.54, 1.807) is 74.5 Å². The molecule has 3 aromatic rings. The largest absolute Gasteiger partial charge is 0.348 e. The van der Waals surface area contributed by atoms with E-state index in [2.05, 4.69) is 5.32 Å². The van der Waals surface area contributed by atoms with Gasteiger partial charge in [-0.1, -0.05) is 50.2 Å². The van der Waals surface area contributed by atoms with E-state index < -0.39 is 10.0 Å². The van der Waals surface area contributed by atoms with Crippen LogP contribution in [0.3, 0.4) is 0 Å². The van der Waals surface area contributed by atoms with Gasteiger partial charge in [0.25, 0.3) is 5.91 Å². The van der Waals surface area contributed by atoms with Gasteiger partial charge in [-0.15, -0.1) is 11.3 Å². The van der Waals surface area contributed by atoms with Gasteiger partial charge in [-0.3, -0.25) is 9.59 Å². The molecule has 1 amide bonds. The van der Waals surface area contributed by atoms with Crippen molar-refractivity contribution in [2.45, 2.75) is 25.3 Å². The Hall–Kier alpha value is -2.81. The average molecular weight is 457 g/mol. The van der Waals surface area contributed by atoms with Gasteiger partial charge in [0.15, 0.2) is 0 Å². The average Bonchev–Trinajstić information content (AvgIpc) is 3.33. The number of amides is 1. The van der Waals surface area contributed by atoms with Gasteiger partial charge in [0, 0.05) is 25.2 Å². The third-order valence-corrected chi connectivity index (χ3v) is 7.81. The Morgan fingerprint density at radius 3 is 2.13 bits per heavy atom. The molecule has 6 nitrogen and oxygen atoms in total. The first-order valence-electron chi connectivity index (χ1n) is 9.93. The van der Waals surface area contributed by atoms with Crippen LogP contribution in [0, 0.1) is 0 Å². The van der Waals surface area contributed by atoms with Crippen LogP contribution in [0.25, 0.3) is 0 Å². The first-order chi connectivity index (χ1) is 14.9. The van der Waals surface area contributed by atoms with Crippen molar-refractivity contribution in [2.24, 2.45) is 0 Å². The molecule has 0 aliphatic heterocycles. The molecule has 0 unspecified atom stereocenters. The van der Waals surface area contributed by atoms with E-state index in [1.165, 1.54) is 15.6 Å². The summed E-state index contributed by atoms with van der Waals surface area (Å²) < 4.78 is 26.6. The molecule has 2 aromatic carbocycles. The number of sulfonamides is 1. The number of thiophene rings is 1. The SMILES string of the molecule is CCN(CC)S(=O)(=O)c1ccc(CNC(=O)c2ccccc2C(=O)c2cccs2)cc1. The van der Waals surface area contributed by atoms with Crippen LogP contribution in [-0.2, 0) is 16.6 Å². The molecule has 0 bridgehead atoms. The number of benzene rings is 2. The quantitative estimate of drug-likeness (QED) is 0.495. The Morgan fingerprint density at radius 1 is 0.903 bits per heavy atom. The monoisotopic (exact) mass is 456 g/mol. The van der Waals surface area contributed by atoms with Gasteiger partial charge >= 0.3 is 0 Å². The highest BCUT2D eigenvalue weighted by Gasteiger charge is 2.21. The van der Waals surface area contributed by atoms with Crippen molar-refractivity contribution < 1.29 is 18.0 Å². The first-order valence-corrected chi connectivity index (χ1v) is 12.2. The van der Waals surface area contributed by atoms with Gasteiger partial charge in [-0.05, 0) is 35.2 Å². The minimum atomic E-state index is -3.52. The minimum Gasteiger partial charge on any atom is -0.348 e. The molecule has 0 saturated carbocycles. The number of nitrogens with zero attached hydrogens (tertiary/aromatic N) is 1. The van der Waals surface area contributed by atoms with E-state index in [1.807, 2.05) is 5.38 Å². The summed E-state index contributed by atoms with van der Waals surface area (Å²) in [5, 5.41) is 4.63. The maximum absolute atomic E-state index is 12.7. The van der Waals surface area contributed by atoms with Gasteiger partial charge < -0.3 is 5.32 Å². The fourth-order valence-electron chi connectivity index (χ4n) is 3.19. The second-order valence-corrected chi connectivity index (χ2v) is 9.65. The maximum Gasteiger partial charge on any atom is 0.252 e. The summed E-state index contributed by atoms with van der Waals surface area (Å²) in [5.74, 6) is -0.549. The lowest BCUT2D eigenvalue weighted by Crippen LogP contribution is -2.30. The lowest BCUT2D eigenvalue weighted by atomic mass is 10.0. The molecule has 1 heterocycles. The van der Waals surface area contributed by atoms with Crippen molar-refractivity contribution >= 4 is 33.1 Å². The van der Waals surface area contributed by atoms with E-state index in [9.17, 15) is 18.0 Å². The molecule has 0 radical (unpaired) electrons. The zero-order chi connectivity index (χ0) is 22.4. The number of hydrogen-bond donors (Lipinski definition) is 1. The number of hydrogen-bond acceptors (Lipinski definition) is 5. The molecule has 0 saturated heterocycles. The molecular weight excluding hydrogens is 432 g/mol. The Bertz CT molecular complexity index is 1150. The topological polar surface area (TPSA) is 83.6 Å². The van der Waals surface area contributed by atoms with Crippen molar-refractivity contribution in [1.82, 2.24) is 9.62 Å². The van der Waals surface area contributed by atoms with E-state index in [4.69, 9.17) is 0 Å². The summed E-state index contributed by atoms with van der Waals surface area (Å²) in [4.78, 5) is 26.3. The number of nitrogens with one attached hydrogen (secondary N) is 1. The Labute approximate surface area is 186 Å². The smallest absolute Gasteiger partial charge is 0.252 e. The van der Waals surface area contributed by atoms with Gasteiger partial charge in [0.1, 0.15) is 0 Å². The molecule has 3 rings (SSSR count). The Morgan fingerprint density at radius 2 is 1.55 bits per heavy atom. The fraction of sp³-hybridized carbons (Fsp3) is 0.217. The molecule has 0 spiro atoms. The van der Waals surface area contributed by atoms with E-state index >= 15 is 0 Å². The van der Waals surface area contributed by atoms with E-state index in [0.29, 0.717) is 29.1 Å². The normalized spacial score (nSPS) is 11.5. The summed E-state index contributed by atoms with van der Waals surface area (Å²) >= 11 is 1.33. The van der Waals surface area contributed by atoms with Crippen LogP contribution in [0.1, 0.15) is 45.0 Å². The van der Waals surface area contributed by atoms with Gasteiger partial charge in [-0.2, -0.15) is 4.31 Å². The molecular formula is C23H24N2O4S2. The highest BCUT2D eigenvalue weighted by atomic mass is 32.2. The van der Waals surface area contributed by atoms with Gasteiger partial charge in [-0.25, -0.2) is 8.42 Å². The zero-order valence-corrected chi connectivity index (χ0v) is 19.0. The van der Waals surface area contributed by atoms with Crippen LogP contribution >= 0.6 is 11.3 Å². The molecule has 1 aromatic heterocycles. The molecule has 31 heavy (non-hydrogen) atoms. The number of ketones is 1. The predicted octanol–water partition coefficient (Wildman–Crippen LogP) is 3.94. The van der Waals surface area contributed by atoms with E-state index in [0.717, 1.165) is 5.56 Å². The maximum atomic E-state index is 12.7. The number of carbonyl (C=O) groups is 2. The van der Waals surface area contributed by atoms with Crippen LogP contribution in [0.2, 0.25) is 0 Å². The predicted molar refractivity (Wildman–Crippen MR) is 122 cm³/mol. The van der Waals surface area contributed by atoms with Crippen LogP contribution in [0.5, 0.6) is 0 Å². The molecule has 162 valence electrons. The zero-order valence-electron chi connectivity index (χ0n) is 17.4. The van der Waals surface area contributed by atoms with Gasteiger partial charge in [0.2, 0.25) is 15.8 Å². The van der Waals surface area contributed by atoms with Gasteiger partial charge in [0.05, 0.1) is 15.3 Å². The van der Waals surface area contributed by atoms with Crippen molar-refractivity contribution in [2.75, 3.05) is 13.1 Å². The van der Waals surface area contributed by atoms with Crippen molar-refractivity contribution in [1.29, 1.82) is 0 Å². The highest BCUT2D eigenvalue weighted by molar-refractivity contribution is 7.89. The van der Waals surface area contributed by atoms with Crippen LogP contribution in [0.4, 0.5) is 0 Å². The summed E-state index contributed by atoms with van der Waals surface area (Å²) in [6.07, 6.45) is 0. The molecule has 0 aliphatic rings. The number of carbonyl (C=O) groups excluding carboxylic acids is 2. The van der Waals surface area contributed by atoms with Crippen LogP contribution < -0.4 is 5.32 Å². The Kier molecular flexibility index (Phi) is 7.37. The van der Waals surface area contributed by atoms with Crippen LogP contribution in [0.15, 0.2) is 70.9 Å². The first kappa shape index (κ1) is 22.9. The third kappa shape index (κ3) is 5.10. The molecule has 8 heteroatoms. The third-order valence-electron chi connectivity index (χ3n) is 4.88. The second kappa shape index (κ2) is 10.00. The van der Waals surface area contributed by atoms with Crippen LogP contribution in [-0.4, -0.2) is 37.5 Å². The summed E-state index contributed by atoms with van der Waals surface area (Å²) in [6.45, 7) is 4.62. The van der Waals surface area contributed by atoms with Crippen molar-refractivity contribution in [3.63, 3.8) is 0 Å². The standard InChI is InChI=1S/C23H24N2O4S2/c1-3-25(4-2)31(28,29)18-13-11-17(12-14-18)16-24-23(27)20-9-6-5-8-19(20)22(26)21-10-7-15-30-21/h5-15H,3-4,16H2,1-2H3,(H,24,27). The summed E-state index contributed by atoms with van der Waals surface area (Å²) in [5.41, 5.74) is 1.42. The molecule has 1 N–H and O–H groups in total. The Balaban J connectivity index is 1.72. The minimum absolute atomic E-state index is 0.188. The molecule has 0 fully saturated rings. The second-order valence-electron chi connectivity index (χ2n) is 6.77. The lowest BCUT2D eigenvalue weighted by molar-refractivity contribution is 0.0940. The summed E-state index contributed by atoms with van der Waals surface area (Å²) in [7, 11) is -3.52. The van der Waals surface area contributed by atoms with Crippen molar-refractivity contribution in [3.05, 3.63) is 87.6 Å². The van der Waals surface area contributed by atoms with E-state index in [-0.39, 0.29) is 23.1 Å². The van der Waals surface area contributed by atoms with Crippen molar-refractivity contribution in [3.8, 4) is 0 Å². The fourth-order valence-corrected chi connectivity index (χ4v) is 5.32. The molecule has 0 atom stereocenters.